The van der Waals surface area contributed by atoms with E-state index >= 15 is 0 Å². The van der Waals surface area contributed by atoms with Gasteiger partial charge in [-0.25, -0.2) is 0 Å². The van der Waals surface area contributed by atoms with Crippen molar-refractivity contribution in [2.45, 2.75) is 27.2 Å². The molecule has 2 heteroatoms. The molecule has 1 rings (SSSR count). The maximum atomic E-state index is 4.58. The van der Waals surface area contributed by atoms with Crippen molar-refractivity contribution in [1.29, 1.82) is 0 Å². The second kappa shape index (κ2) is 6.01. The molecule has 0 N–H and O–H groups in total. The molecule has 1 aromatic carbocycles. The zero-order valence-corrected chi connectivity index (χ0v) is 10.2. The van der Waals surface area contributed by atoms with E-state index in [0.29, 0.717) is 0 Å². The summed E-state index contributed by atoms with van der Waals surface area (Å²) in [5, 5.41) is 0. The monoisotopic (exact) mass is 214 g/mol. The van der Waals surface area contributed by atoms with Crippen molar-refractivity contribution >= 4 is 17.6 Å². The lowest BCUT2D eigenvalue weighted by Crippen LogP contribution is -1.91. The van der Waals surface area contributed by atoms with Gasteiger partial charge in [0.25, 0.3) is 0 Å². The van der Waals surface area contributed by atoms with Gasteiger partial charge in [0.05, 0.1) is 5.69 Å². The third-order valence-corrected chi connectivity index (χ3v) is 2.27. The van der Waals surface area contributed by atoms with Crippen LogP contribution in [-0.2, 0) is 0 Å². The highest BCUT2D eigenvalue weighted by Gasteiger charge is 1.97. The normalized spacial score (nSPS) is 12.1. The third kappa shape index (κ3) is 3.81. The number of rotatable bonds is 4. The van der Waals surface area contributed by atoms with Gasteiger partial charge in [0, 0.05) is 24.5 Å². The molecule has 2 nitrogen and oxygen atoms in total. The summed E-state index contributed by atoms with van der Waals surface area (Å²) in [7, 11) is 0. The molecule has 0 heterocycles. The van der Waals surface area contributed by atoms with Crippen LogP contribution in [0.2, 0.25) is 0 Å². The highest BCUT2D eigenvalue weighted by atomic mass is 14.7. The SMILES string of the molecule is C=CN=CCC(C)=Nc1cc(C)ccc1C. The molecule has 0 spiro atoms. The number of hydrogen-bond donors (Lipinski definition) is 0. The Morgan fingerprint density at radius 1 is 1.38 bits per heavy atom. The predicted molar refractivity (Wildman–Crippen MR) is 72.0 cm³/mol. The molecule has 0 bridgehead atoms. The Kier molecular flexibility index (Phi) is 4.65. The molecule has 84 valence electrons. The maximum Gasteiger partial charge on any atom is 0.0660 e. The minimum atomic E-state index is 0.763. The zero-order valence-electron chi connectivity index (χ0n) is 10.2. The van der Waals surface area contributed by atoms with E-state index in [0.717, 1.165) is 17.8 Å². The van der Waals surface area contributed by atoms with Crippen LogP contribution in [0.4, 0.5) is 5.69 Å². The van der Waals surface area contributed by atoms with Crippen LogP contribution < -0.4 is 0 Å². The lowest BCUT2D eigenvalue weighted by molar-refractivity contribution is 1.33. The molecule has 0 saturated carbocycles. The van der Waals surface area contributed by atoms with Crippen LogP contribution in [0.3, 0.4) is 0 Å². The molecule has 0 aliphatic carbocycles. The van der Waals surface area contributed by atoms with Crippen LogP contribution in [0.1, 0.15) is 24.5 Å². The Morgan fingerprint density at radius 3 is 2.81 bits per heavy atom. The molecule has 0 amide bonds. The van der Waals surface area contributed by atoms with Gasteiger partial charge in [-0.2, -0.15) is 0 Å². The minimum Gasteiger partial charge on any atom is -0.269 e. The number of hydrogen-bond acceptors (Lipinski definition) is 2. The predicted octanol–water partition coefficient (Wildman–Crippen LogP) is 4.00. The Morgan fingerprint density at radius 2 is 2.12 bits per heavy atom. The number of nitrogens with zero attached hydrogens (tertiary/aromatic N) is 2. The van der Waals surface area contributed by atoms with Crippen molar-refractivity contribution in [1.82, 2.24) is 0 Å². The van der Waals surface area contributed by atoms with Crippen LogP contribution >= 0.6 is 0 Å². The second-order valence-corrected chi connectivity index (χ2v) is 3.86. The van der Waals surface area contributed by atoms with Gasteiger partial charge in [0.1, 0.15) is 0 Å². The van der Waals surface area contributed by atoms with Crippen molar-refractivity contribution in [3.8, 4) is 0 Å². The zero-order chi connectivity index (χ0) is 12.0. The highest BCUT2D eigenvalue weighted by molar-refractivity contribution is 5.95. The standard InChI is InChI=1S/C14H18N2/c1-5-15-9-8-13(4)16-14-10-11(2)6-7-12(14)3/h5-7,9-10H,1,8H2,2-4H3. The Bertz CT molecular complexity index is 428. The van der Waals surface area contributed by atoms with Crippen LogP contribution in [0.25, 0.3) is 0 Å². The van der Waals surface area contributed by atoms with Crippen molar-refractivity contribution in [3.05, 3.63) is 42.1 Å². The summed E-state index contributed by atoms with van der Waals surface area (Å²) in [6.07, 6.45) is 4.11. The molecular weight excluding hydrogens is 196 g/mol. The van der Waals surface area contributed by atoms with E-state index in [1.54, 1.807) is 0 Å². The van der Waals surface area contributed by atoms with Gasteiger partial charge in [-0.3, -0.25) is 9.98 Å². The number of aliphatic imine (C=N–C) groups is 2. The lowest BCUT2D eigenvalue weighted by atomic mass is 10.1. The fraction of sp³-hybridized carbons (Fsp3) is 0.286. The van der Waals surface area contributed by atoms with Crippen LogP contribution in [-0.4, -0.2) is 11.9 Å². The fourth-order valence-electron chi connectivity index (χ4n) is 1.35. The van der Waals surface area contributed by atoms with Gasteiger partial charge in [0.15, 0.2) is 0 Å². The highest BCUT2D eigenvalue weighted by Crippen LogP contribution is 2.20. The summed E-state index contributed by atoms with van der Waals surface area (Å²) in [4.78, 5) is 8.53. The van der Waals surface area contributed by atoms with E-state index in [4.69, 9.17) is 0 Å². The quantitative estimate of drug-likeness (QED) is 0.677. The third-order valence-electron chi connectivity index (χ3n) is 2.27. The van der Waals surface area contributed by atoms with Crippen LogP contribution in [0.5, 0.6) is 0 Å². The molecular formula is C14H18N2. The van der Waals surface area contributed by atoms with Gasteiger partial charge in [-0.1, -0.05) is 18.7 Å². The summed E-state index contributed by atoms with van der Waals surface area (Å²) in [6.45, 7) is 9.69. The minimum absolute atomic E-state index is 0.763. The summed E-state index contributed by atoms with van der Waals surface area (Å²) in [6, 6.07) is 6.30. The average molecular weight is 214 g/mol. The van der Waals surface area contributed by atoms with E-state index in [2.05, 4.69) is 48.6 Å². The summed E-state index contributed by atoms with van der Waals surface area (Å²) >= 11 is 0. The van der Waals surface area contributed by atoms with E-state index in [9.17, 15) is 0 Å². The van der Waals surface area contributed by atoms with E-state index < -0.39 is 0 Å². The molecule has 1 aromatic rings. The molecule has 0 aromatic heterocycles. The Labute approximate surface area is 97.5 Å². The lowest BCUT2D eigenvalue weighted by Gasteiger charge is -2.03. The van der Waals surface area contributed by atoms with Gasteiger partial charge in [0.2, 0.25) is 0 Å². The Balaban J connectivity index is 2.84. The first-order valence-electron chi connectivity index (χ1n) is 5.37. The first-order chi connectivity index (χ1) is 7.63. The fourth-order valence-corrected chi connectivity index (χ4v) is 1.35. The molecule has 0 atom stereocenters. The first kappa shape index (κ1) is 12.4. The largest absolute Gasteiger partial charge is 0.269 e. The molecule has 0 saturated heterocycles. The molecule has 0 fully saturated rings. The molecule has 16 heavy (non-hydrogen) atoms. The molecule has 0 aliphatic heterocycles. The average Bonchev–Trinajstić information content (AvgIpc) is 2.24. The van der Waals surface area contributed by atoms with E-state index in [1.165, 1.54) is 17.3 Å². The van der Waals surface area contributed by atoms with E-state index in [1.807, 2.05) is 13.1 Å². The number of aryl methyl sites for hydroxylation is 2. The summed E-state index contributed by atoms with van der Waals surface area (Å²) in [5.74, 6) is 0. The van der Waals surface area contributed by atoms with Crippen molar-refractivity contribution in [2.24, 2.45) is 9.98 Å². The first-order valence-corrected chi connectivity index (χ1v) is 5.37. The second-order valence-electron chi connectivity index (χ2n) is 3.86. The number of benzene rings is 1. The van der Waals surface area contributed by atoms with Gasteiger partial charge in [-0.15, -0.1) is 0 Å². The Hall–Kier alpha value is -1.70. The van der Waals surface area contributed by atoms with Crippen molar-refractivity contribution < 1.29 is 0 Å². The van der Waals surface area contributed by atoms with Gasteiger partial charge in [-0.05, 0) is 38.0 Å². The molecule has 0 unspecified atom stereocenters. The molecule has 0 aliphatic rings. The van der Waals surface area contributed by atoms with Crippen LogP contribution in [0.15, 0.2) is 41.0 Å². The molecule has 0 radical (unpaired) electrons. The summed E-state index contributed by atoms with van der Waals surface area (Å²) in [5.41, 5.74) is 4.53. The van der Waals surface area contributed by atoms with Gasteiger partial charge < -0.3 is 0 Å². The van der Waals surface area contributed by atoms with Crippen molar-refractivity contribution in [2.75, 3.05) is 0 Å². The van der Waals surface area contributed by atoms with Crippen molar-refractivity contribution in [3.63, 3.8) is 0 Å². The van der Waals surface area contributed by atoms with E-state index in [-0.39, 0.29) is 0 Å². The maximum absolute atomic E-state index is 4.58. The topological polar surface area (TPSA) is 24.7 Å². The summed E-state index contributed by atoms with van der Waals surface area (Å²) < 4.78 is 0. The van der Waals surface area contributed by atoms with Crippen LogP contribution in [0, 0.1) is 13.8 Å². The van der Waals surface area contributed by atoms with Gasteiger partial charge >= 0.3 is 0 Å². The smallest absolute Gasteiger partial charge is 0.0660 e.